The van der Waals surface area contributed by atoms with Crippen molar-refractivity contribution >= 4 is 23.2 Å². The highest BCUT2D eigenvalue weighted by Crippen LogP contribution is 2.30. The molecule has 2 aliphatic heterocycles. The van der Waals surface area contributed by atoms with Crippen LogP contribution in [-0.2, 0) is 14.3 Å². The van der Waals surface area contributed by atoms with Crippen molar-refractivity contribution in [1.82, 2.24) is 10.3 Å². The second kappa shape index (κ2) is 7.37. The second-order valence-electron chi connectivity index (χ2n) is 5.84. The van der Waals surface area contributed by atoms with Crippen LogP contribution in [0, 0.1) is 5.92 Å². The normalized spacial score (nSPS) is 25.9. The number of rotatable bonds is 5. The number of nitrogens with one attached hydrogen (secondary N) is 1. The number of carboxylic acids is 1. The van der Waals surface area contributed by atoms with Crippen LogP contribution in [0.15, 0.2) is 5.38 Å². The van der Waals surface area contributed by atoms with Gasteiger partial charge in [-0.2, -0.15) is 0 Å². The minimum absolute atomic E-state index is 0.0384. The number of aliphatic carboxylic acids is 1. The number of carbonyl (C=O) groups excluding carboxylic acids is 1. The summed E-state index contributed by atoms with van der Waals surface area (Å²) in [6.07, 6.45) is 3.41. The lowest BCUT2D eigenvalue weighted by molar-refractivity contribution is -0.142. The summed E-state index contributed by atoms with van der Waals surface area (Å²) in [7, 11) is 0. The van der Waals surface area contributed by atoms with E-state index in [0.717, 1.165) is 30.7 Å². The molecule has 0 radical (unpaired) electrons. The third-order valence-corrected chi connectivity index (χ3v) is 5.12. The van der Waals surface area contributed by atoms with Gasteiger partial charge in [0, 0.05) is 24.5 Å². The molecule has 0 aliphatic carbocycles. The first-order valence-corrected chi connectivity index (χ1v) is 8.71. The van der Waals surface area contributed by atoms with Crippen LogP contribution in [0.25, 0.3) is 0 Å². The van der Waals surface area contributed by atoms with Crippen molar-refractivity contribution in [3.05, 3.63) is 16.1 Å². The molecule has 2 aliphatic rings. The molecule has 2 saturated heterocycles. The molecular formula is C15H20N2O5S. The summed E-state index contributed by atoms with van der Waals surface area (Å²) in [4.78, 5) is 28.1. The van der Waals surface area contributed by atoms with Crippen LogP contribution in [0.4, 0.5) is 0 Å². The van der Waals surface area contributed by atoms with Crippen LogP contribution in [-0.4, -0.2) is 47.8 Å². The van der Waals surface area contributed by atoms with Crippen LogP contribution in [0.3, 0.4) is 0 Å². The van der Waals surface area contributed by atoms with Gasteiger partial charge >= 0.3 is 5.97 Å². The monoisotopic (exact) mass is 340 g/mol. The van der Waals surface area contributed by atoms with Crippen molar-refractivity contribution in [3.63, 3.8) is 0 Å². The average Bonchev–Trinajstić information content (AvgIpc) is 3.23. The van der Waals surface area contributed by atoms with Crippen LogP contribution in [0.5, 0.6) is 0 Å². The smallest absolute Gasteiger partial charge is 0.326 e. The zero-order valence-corrected chi connectivity index (χ0v) is 13.5. The summed E-state index contributed by atoms with van der Waals surface area (Å²) in [6.45, 7) is 1.72. The van der Waals surface area contributed by atoms with Crippen molar-refractivity contribution in [1.29, 1.82) is 0 Å². The number of hydrogen-bond donors (Lipinski definition) is 2. The number of aromatic nitrogens is 1. The SMILES string of the molecule is O=C(N[C@H](C(=O)O)[C@H]1CCCOC1)c1csc([C@@H]2CCCO2)n1. The van der Waals surface area contributed by atoms with E-state index in [9.17, 15) is 14.7 Å². The predicted octanol–water partition coefficient (Wildman–Crippen LogP) is 1.60. The van der Waals surface area contributed by atoms with Crippen molar-refractivity contribution in [2.24, 2.45) is 5.92 Å². The van der Waals surface area contributed by atoms with Gasteiger partial charge in [0.1, 0.15) is 22.8 Å². The molecule has 1 aromatic rings. The fraction of sp³-hybridized carbons (Fsp3) is 0.667. The van der Waals surface area contributed by atoms with Crippen LogP contribution < -0.4 is 5.32 Å². The summed E-state index contributed by atoms with van der Waals surface area (Å²) in [5, 5.41) is 14.4. The maximum Gasteiger partial charge on any atom is 0.326 e. The molecule has 23 heavy (non-hydrogen) atoms. The van der Waals surface area contributed by atoms with E-state index < -0.39 is 17.9 Å². The first-order chi connectivity index (χ1) is 11.1. The Hall–Kier alpha value is -1.51. The number of ether oxygens (including phenoxy) is 2. The number of hydrogen-bond acceptors (Lipinski definition) is 6. The van der Waals surface area contributed by atoms with Crippen molar-refractivity contribution in [2.75, 3.05) is 19.8 Å². The Morgan fingerprint density at radius 3 is 2.83 bits per heavy atom. The van der Waals surface area contributed by atoms with Crippen LogP contribution in [0.1, 0.15) is 47.3 Å². The minimum Gasteiger partial charge on any atom is -0.480 e. The lowest BCUT2D eigenvalue weighted by Gasteiger charge is -2.27. The van der Waals surface area contributed by atoms with E-state index in [0.29, 0.717) is 19.8 Å². The van der Waals surface area contributed by atoms with E-state index in [1.807, 2.05) is 0 Å². The predicted molar refractivity (Wildman–Crippen MR) is 82.5 cm³/mol. The third-order valence-electron chi connectivity index (χ3n) is 4.18. The average molecular weight is 340 g/mol. The van der Waals surface area contributed by atoms with Gasteiger partial charge in [0.05, 0.1) is 6.61 Å². The van der Waals surface area contributed by atoms with E-state index in [-0.39, 0.29) is 17.7 Å². The van der Waals surface area contributed by atoms with Crippen molar-refractivity contribution in [3.8, 4) is 0 Å². The lowest BCUT2D eigenvalue weighted by Crippen LogP contribution is -2.48. The summed E-state index contributed by atoms with van der Waals surface area (Å²) in [6, 6.07) is -0.948. The molecule has 1 aromatic heterocycles. The second-order valence-corrected chi connectivity index (χ2v) is 6.73. The van der Waals surface area contributed by atoms with Gasteiger partial charge in [0.25, 0.3) is 5.91 Å². The number of carboxylic acid groups (broad SMARTS) is 1. The molecule has 1 amide bonds. The van der Waals surface area contributed by atoms with Gasteiger partial charge in [0.15, 0.2) is 0 Å². The molecule has 8 heteroatoms. The fourth-order valence-electron chi connectivity index (χ4n) is 2.94. The first kappa shape index (κ1) is 16.4. The van der Waals surface area contributed by atoms with Gasteiger partial charge in [-0.05, 0) is 25.7 Å². The molecule has 3 atom stereocenters. The Labute approximate surface area is 138 Å². The highest BCUT2D eigenvalue weighted by Gasteiger charge is 2.32. The molecule has 2 N–H and O–H groups in total. The highest BCUT2D eigenvalue weighted by molar-refractivity contribution is 7.09. The standard InChI is InChI=1S/C15H20N2O5S/c18-13(10-8-23-14(16-10)11-4-2-6-22-11)17-12(15(19)20)9-3-1-5-21-7-9/h8-9,11-12H,1-7H2,(H,17,18)(H,19,20)/t9-,11-,12-/m0/s1. The first-order valence-electron chi connectivity index (χ1n) is 7.83. The van der Waals surface area contributed by atoms with Crippen LogP contribution >= 0.6 is 11.3 Å². The van der Waals surface area contributed by atoms with Gasteiger partial charge in [0.2, 0.25) is 0 Å². The summed E-state index contributed by atoms with van der Waals surface area (Å²) < 4.78 is 10.9. The Morgan fingerprint density at radius 1 is 1.35 bits per heavy atom. The number of carbonyl (C=O) groups is 2. The Kier molecular flexibility index (Phi) is 5.24. The molecule has 3 heterocycles. The van der Waals surface area contributed by atoms with Gasteiger partial charge in [-0.3, -0.25) is 4.79 Å². The van der Waals surface area contributed by atoms with Crippen molar-refractivity contribution in [2.45, 2.75) is 37.8 Å². The Balaban J connectivity index is 1.65. The number of amides is 1. The molecular weight excluding hydrogens is 320 g/mol. The molecule has 0 aromatic carbocycles. The summed E-state index contributed by atoms with van der Waals surface area (Å²) in [5.41, 5.74) is 0.253. The minimum atomic E-state index is -1.04. The van der Waals surface area contributed by atoms with Gasteiger partial charge in [-0.25, -0.2) is 9.78 Å². The lowest BCUT2D eigenvalue weighted by atomic mass is 9.93. The fourth-order valence-corrected chi connectivity index (χ4v) is 3.82. The van der Waals surface area contributed by atoms with Crippen molar-refractivity contribution < 1.29 is 24.2 Å². The van der Waals surface area contributed by atoms with Gasteiger partial charge < -0.3 is 19.9 Å². The van der Waals surface area contributed by atoms with E-state index in [2.05, 4.69) is 10.3 Å². The molecule has 126 valence electrons. The largest absolute Gasteiger partial charge is 0.480 e. The quantitative estimate of drug-likeness (QED) is 0.845. The van der Waals surface area contributed by atoms with Gasteiger partial charge in [-0.1, -0.05) is 0 Å². The zero-order chi connectivity index (χ0) is 16.2. The number of thiazole rings is 1. The molecule has 3 rings (SSSR count). The molecule has 0 bridgehead atoms. The van der Waals surface area contributed by atoms with E-state index >= 15 is 0 Å². The van der Waals surface area contributed by atoms with Crippen LogP contribution in [0.2, 0.25) is 0 Å². The Bertz CT molecular complexity index is 564. The maximum absolute atomic E-state index is 12.3. The van der Waals surface area contributed by atoms with E-state index in [1.165, 1.54) is 11.3 Å². The molecule has 0 unspecified atom stereocenters. The maximum atomic E-state index is 12.3. The molecule has 0 spiro atoms. The summed E-state index contributed by atoms with van der Waals surface area (Å²) >= 11 is 1.38. The molecule has 7 nitrogen and oxygen atoms in total. The topological polar surface area (TPSA) is 97.8 Å². The zero-order valence-electron chi connectivity index (χ0n) is 12.7. The third kappa shape index (κ3) is 3.88. The molecule has 2 fully saturated rings. The van der Waals surface area contributed by atoms with Gasteiger partial charge in [-0.15, -0.1) is 11.3 Å². The molecule has 0 saturated carbocycles. The summed E-state index contributed by atoms with van der Waals surface area (Å²) in [5.74, 6) is -1.70. The van der Waals surface area contributed by atoms with E-state index in [4.69, 9.17) is 9.47 Å². The number of nitrogens with zero attached hydrogens (tertiary/aromatic N) is 1. The Morgan fingerprint density at radius 2 is 2.17 bits per heavy atom. The van der Waals surface area contributed by atoms with E-state index in [1.54, 1.807) is 5.38 Å². The highest BCUT2D eigenvalue weighted by atomic mass is 32.1.